The maximum atomic E-state index is 10.9. The Morgan fingerprint density at radius 1 is 1.05 bits per heavy atom. The molecule has 0 aliphatic heterocycles. The van der Waals surface area contributed by atoms with Crippen LogP contribution in [0.15, 0.2) is 54.7 Å². The molecular weight excluding hydrogens is 288 g/mol. The van der Waals surface area contributed by atoms with E-state index in [1.54, 1.807) is 0 Å². The molecule has 22 heavy (non-hydrogen) atoms. The Labute approximate surface area is 125 Å². The Balaban J connectivity index is 2.20. The van der Waals surface area contributed by atoms with Crippen molar-refractivity contribution < 1.29 is 14.6 Å². The minimum Gasteiger partial charge on any atom is -0.489 e. The van der Waals surface area contributed by atoms with Gasteiger partial charge in [-0.1, -0.05) is 30.3 Å². The van der Waals surface area contributed by atoms with Crippen molar-refractivity contribution in [1.29, 1.82) is 0 Å². The SMILES string of the molecule is O=[N+]([O-])C=Cc1cc(OCc2ccccc2)ccc1[N+](=O)[O-]. The summed E-state index contributed by atoms with van der Waals surface area (Å²) in [6.07, 6.45) is 1.73. The van der Waals surface area contributed by atoms with Gasteiger partial charge in [0.1, 0.15) is 12.4 Å². The van der Waals surface area contributed by atoms with Crippen LogP contribution in [0.1, 0.15) is 11.1 Å². The van der Waals surface area contributed by atoms with Gasteiger partial charge in [-0.15, -0.1) is 0 Å². The van der Waals surface area contributed by atoms with Gasteiger partial charge < -0.3 is 4.74 Å². The van der Waals surface area contributed by atoms with E-state index < -0.39 is 9.85 Å². The zero-order valence-electron chi connectivity index (χ0n) is 11.4. The molecule has 2 aromatic carbocycles. The first-order chi connectivity index (χ1) is 10.6. The zero-order valence-corrected chi connectivity index (χ0v) is 11.4. The van der Waals surface area contributed by atoms with Gasteiger partial charge in [0.25, 0.3) is 5.69 Å². The number of nitro groups is 2. The average Bonchev–Trinajstić information content (AvgIpc) is 2.51. The van der Waals surface area contributed by atoms with E-state index in [1.807, 2.05) is 30.3 Å². The van der Waals surface area contributed by atoms with Crippen LogP contribution in [-0.2, 0) is 6.61 Å². The van der Waals surface area contributed by atoms with Crippen LogP contribution in [0.2, 0.25) is 0 Å². The lowest BCUT2D eigenvalue weighted by Gasteiger charge is -2.07. The average molecular weight is 300 g/mol. The highest BCUT2D eigenvalue weighted by Crippen LogP contribution is 2.26. The second-order valence-corrected chi connectivity index (χ2v) is 4.35. The van der Waals surface area contributed by atoms with E-state index in [-0.39, 0.29) is 11.3 Å². The van der Waals surface area contributed by atoms with Gasteiger partial charge in [-0.05, 0) is 17.7 Å². The molecule has 0 saturated heterocycles. The highest BCUT2D eigenvalue weighted by Gasteiger charge is 2.13. The van der Waals surface area contributed by atoms with E-state index in [0.29, 0.717) is 18.6 Å². The summed E-state index contributed by atoms with van der Waals surface area (Å²) in [5.41, 5.74) is 0.848. The molecule has 0 bridgehead atoms. The molecule has 0 radical (unpaired) electrons. The molecule has 7 nitrogen and oxygen atoms in total. The lowest BCUT2D eigenvalue weighted by atomic mass is 10.1. The molecule has 2 aromatic rings. The van der Waals surface area contributed by atoms with E-state index in [0.717, 1.165) is 11.6 Å². The number of hydrogen-bond acceptors (Lipinski definition) is 5. The Hall–Kier alpha value is -3.22. The van der Waals surface area contributed by atoms with Crippen LogP contribution < -0.4 is 4.74 Å². The van der Waals surface area contributed by atoms with Crippen molar-refractivity contribution in [3.05, 3.63) is 86.1 Å². The van der Waals surface area contributed by atoms with Gasteiger partial charge in [-0.2, -0.15) is 0 Å². The third kappa shape index (κ3) is 4.14. The first-order valence-corrected chi connectivity index (χ1v) is 6.33. The van der Waals surface area contributed by atoms with E-state index in [2.05, 4.69) is 0 Å². The quantitative estimate of drug-likeness (QED) is 0.601. The van der Waals surface area contributed by atoms with Gasteiger partial charge in [0, 0.05) is 12.1 Å². The van der Waals surface area contributed by atoms with Gasteiger partial charge in [-0.25, -0.2) is 0 Å². The number of ether oxygens (including phenoxy) is 1. The summed E-state index contributed by atoms with van der Waals surface area (Å²) in [6, 6.07) is 13.5. The largest absolute Gasteiger partial charge is 0.489 e. The topological polar surface area (TPSA) is 95.5 Å². The van der Waals surface area contributed by atoms with E-state index in [1.165, 1.54) is 18.2 Å². The predicted octanol–water partition coefficient (Wildman–Crippen LogP) is 3.42. The lowest BCUT2D eigenvalue weighted by molar-refractivity contribution is -0.401. The molecule has 0 spiro atoms. The van der Waals surface area contributed by atoms with E-state index >= 15 is 0 Å². The maximum absolute atomic E-state index is 10.9. The van der Waals surface area contributed by atoms with Crippen LogP contribution in [0.25, 0.3) is 6.08 Å². The first-order valence-electron chi connectivity index (χ1n) is 6.33. The van der Waals surface area contributed by atoms with Crippen molar-refractivity contribution in [2.45, 2.75) is 6.61 Å². The van der Waals surface area contributed by atoms with Gasteiger partial charge >= 0.3 is 0 Å². The molecule has 2 rings (SSSR count). The van der Waals surface area contributed by atoms with Gasteiger partial charge in [0.15, 0.2) is 0 Å². The van der Waals surface area contributed by atoms with Crippen LogP contribution in [0.4, 0.5) is 5.69 Å². The molecule has 0 heterocycles. The minimum absolute atomic E-state index is 0.118. The molecule has 0 fully saturated rings. The predicted molar refractivity (Wildman–Crippen MR) is 79.9 cm³/mol. The van der Waals surface area contributed by atoms with Gasteiger partial charge in [0.2, 0.25) is 6.20 Å². The molecule has 0 saturated carbocycles. The molecule has 0 unspecified atom stereocenters. The standard InChI is InChI=1S/C15H12N2O5/c18-16(19)9-8-13-10-14(6-7-15(13)17(20)21)22-11-12-4-2-1-3-5-12/h1-10H,11H2. The summed E-state index contributed by atoms with van der Waals surface area (Å²) in [7, 11) is 0. The minimum atomic E-state index is -0.679. The van der Waals surface area contributed by atoms with Crippen molar-refractivity contribution in [2.75, 3.05) is 0 Å². The van der Waals surface area contributed by atoms with Crippen LogP contribution in [0.5, 0.6) is 5.75 Å². The molecule has 7 heteroatoms. The van der Waals surface area contributed by atoms with Crippen LogP contribution >= 0.6 is 0 Å². The van der Waals surface area contributed by atoms with Crippen LogP contribution in [0, 0.1) is 20.2 Å². The number of hydrogen-bond donors (Lipinski definition) is 0. The molecule has 112 valence electrons. The normalized spacial score (nSPS) is 10.5. The smallest absolute Gasteiger partial charge is 0.277 e. The molecular formula is C15H12N2O5. The third-order valence-electron chi connectivity index (χ3n) is 2.82. The number of nitrogens with zero attached hydrogens (tertiary/aromatic N) is 2. The van der Waals surface area contributed by atoms with Crippen molar-refractivity contribution >= 4 is 11.8 Å². The summed E-state index contributed by atoms with van der Waals surface area (Å²) in [4.78, 5) is 20.0. The number of nitro benzene ring substituents is 1. The van der Waals surface area contributed by atoms with Crippen molar-refractivity contribution in [3.8, 4) is 5.75 Å². The fourth-order valence-electron chi connectivity index (χ4n) is 1.80. The second-order valence-electron chi connectivity index (χ2n) is 4.35. The van der Waals surface area contributed by atoms with Crippen LogP contribution in [0.3, 0.4) is 0 Å². The maximum Gasteiger partial charge on any atom is 0.277 e. The van der Waals surface area contributed by atoms with E-state index in [4.69, 9.17) is 4.74 Å². The monoisotopic (exact) mass is 300 g/mol. The lowest BCUT2D eigenvalue weighted by Crippen LogP contribution is -1.97. The zero-order chi connectivity index (χ0) is 15.9. The van der Waals surface area contributed by atoms with Gasteiger partial charge in [0.05, 0.1) is 15.4 Å². The van der Waals surface area contributed by atoms with Crippen molar-refractivity contribution in [2.24, 2.45) is 0 Å². The molecule has 0 aliphatic rings. The highest BCUT2D eigenvalue weighted by molar-refractivity contribution is 5.62. The molecule has 0 aliphatic carbocycles. The Morgan fingerprint density at radius 3 is 2.41 bits per heavy atom. The number of rotatable bonds is 6. The van der Waals surface area contributed by atoms with Crippen LogP contribution in [-0.4, -0.2) is 9.85 Å². The summed E-state index contributed by atoms with van der Waals surface area (Å²) < 4.78 is 5.55. The Bertz CT molecular complexity index is 713. The molecule has 0 aromatic heterocycles. The Morgan fingerprint density at radius 2 is 1.77 bits per heavy atom. The van der Waals surface area contributed by atoms with Crippen molar-refractivity contribution in [1.82, 2.24) is 0 Å². The van der Waals surface area contributed by atoms with Gasteiger partial charge in [-0.3, -0.25) is 20.2 Å². The summed E-state index contributed by atoms with van der Waals surface area (Å²) >= 11 is 0. The molecule has 0 atom stereocenters. The highest BCUT2D eigenvalue weighted by atomic mass is 16.6. The molecule has 0 amide bonds. The summed E-state index contributed by atoms with van der Waals surface area (Å²) in [5, 5.41) is 21.3. The summed E-state index contributed by atoms with van der Waals surface area (Å²) in [6.45, 7) is 0.303. The second kappa shape index (κ2) is 6.98. The summed E-state index contributed by atoms with van der Waals surface area (Å²) in [5.74, 6) is 0.400. The number of benzene rings is 2. The van der Waals surface area contributed by atoms with Crippen molar-refractivity contribution in [3.63, 3.8) is 0 Å². The Kier molecular flexibility index (Phi) is 4.81. The fourth-order valence-corrected chi connectivity index (χ4v) is 1.80. The third-order valence-corrected chi connectivity index (χ3v) is 2.82. The fraction of sp³-hybridized carbons (Fsp3) is 0.0667. The molecule has 0 N–H and O–H groups in total. The van der Waals surface area contributed by atoms with E-state index in [9.17, 15) is 20.2 Å². The first kappa shape index (κ1) is 15.2.